The molecule has 0 amide bonds. The second-order valence-electron chi connectivity index (χ2n) is 4.16. The van der Waals surface area contributed by atoms with Crippen LogP contribution in [0.15, 0.2) is 18.5 Å². The van der Waals surface area contributed by atoms with E-state index < -0.39 is 0 Å². The molecule has 16 heavy (non-hydrogen) atoms. The zero-order chi connectivity index (χ0) is 11.6. The zero-order valence-corrected chi connectivity index (χ0v) is 9.40. The first-order valence-electron chi connectivity index (χ1n) is 5.54. The predicted molar refractivity (Wildman–Crippen MR) is 60.5 cm³/mol. The third kappa shape index (κ3) is 1.93. The SMILES string of the molecule is CCOc1cncc(C(=O)C2(CN)CC2)c1. The van der Waals surface area contributed by atoms with E-state index >= 15 is 0 Å². The average molecular weight is 220 g/mol. The third-order valence-corrected chi connectivity index (χ3v) is 3.01. The van der Waals surface area contributed by atoms with E-state index in [2.05, 4.69) is 4.98 Å². The summed E-state index contributed by atoms with van der Waals surface area (Å²) in [6.45, 7) is 2.89. The van der Waals surface area contributed by atoms with Gasteiger partial charge < -0.3 is 10.5 Å². The quantitative estimate of drug-likeness (QED) is 0.762. The van der Waals surface area contributed by atoms with Crippen molar-refractivity contribution in [3.8, 4) is 5.75 Å². The van der Waals surface area contributed by atoms with Crippen molar-refractivity contribution in [1.29, 1.82) is 0 Å². The molecule has 0 unspecified atom stereocenters. The first-order valence-corrected chi connectivity index (χ1v) is 5.54. The Balaban J connectivity index is 2.20. The normalized spacial score (nSPS) is 16.9. The van der Waals surface area contributed by atoms with E-state index in [1.165, 1.54) is 0 Å². The molecule has 86 valence electrons. The van der Waals surface area contributed by atoms with Crippen molar-refractivity contribution in [1.82, 2.24) is 4.98 Å². The van der Waals surface area contributed by atoms with Crippen LogP contribution in [0.1, 0.15) is 30.1 Å². The Labute approximate surface area is 94.8 Å². The van der Waals surface area contributed by atoms with Crippen molar-refractivity contribution in [2.75, 3.05) is 13.2 Å². The van der Waals surface area contributed by atoms with Gasteiger partial charge in [-0.15, -0.1) is 0 Å². The van der Waals surface area contributed by atoms with Crippen LogP contribution < -0.4 is 10.5 Å². The van der Waals surface area contributed by atoms with Gasteiger partial charge in [0.05, 0.1) is 12.8 Å². The molecule has 2 N–H and O–H groups in total. The van der Waals surface area contributed by atoms with Crippen molar-refractivity contribution in [3.05, 3.63) is 24.0 Å². The molecule has 2 rings (SSSR count). The number of rotatable bonds is 5. The second-order valence-corrected chi connectivity index (χ2v) is 4.16. The molecular weight excluding hydrogens is 204 g/mol. The van der Waals surface area contributed by atoms with E-state index in [0.717, 1.165) is 12.8 Å². The third-order valence-electron chi connectivity index (χ3n) is 3.01. The number of pyridine rings is 1. The summed E-state index contributed by atoms with van der Waals surface area (Å²) < 4.78 is 5.32. The van der Waals surface area contributed by atoms with E-state index in [-0.39, 0.29) is 11.2 Å². The summed E-state index contributed by atoms with van der Waals surface area (Å²) >= 11 is 0. The summed E-state index contributed by atoms with van der Waals surface area (Å²) in [4.78, 5) is 16.2. The highest BCUT2D eigenvalue weighted by Crippen LogP contribution is 2.47. The second kappa shape index (κ2) is 4.22. The zero-order valence-electron chi connectivity index (χ0n) is 9.40. The van der Waals surface area contributed by atoms with Crippen LogP contribution >= 0.6 is 0 Å². The van der Waals surface area contributed by atoms with Crippen LogP contribution in [0.4, 0.5) is 0 Å². The predicted octanol–water partition coefficient (Wildman–Crippen LogP) is 1.40. The lowest BCUT2D eigenvalue weighted by Gasteiger charge is -2.11. The van der Waals surface area contributed by atoms with Crippen LogP contribution in [0.5, 0.6) is 5.75 Å². The van der Waals surface area contributed by atoms with Gasteiger partial charge in [-0.25, -0.2) is 0 Å². The largest absolute Gasteiger partial charge is 0.492 e. The van der Waals surface area contributed by atoms with Crippen LogP contribution in [0, 0.1) is 5.41 Å². The summed E-state index contributed by atoms with van der Waals surface area (Å²) in [5.74, 6) is 0.741. The van der Waals surface area contributed by atoms with Crippen LogP contribution in [0.2, 0.25) is 0 Å². The molecule has 0 radical (unpaired) electrons. The van der Waals surface area contributed by atoms with Crippen LogP contribution in [0.25, 0.3) is 0 Å². The Morgan fingerprint density at radius 3 is 2.88 bits per heavy atom. The summed E-state index contributed by atoms with van der Waals surface area (Å²) in [5, 5.41) is 0. The first-order chi connectivity index (χ1) is 7.72. The minimum atomic E-state index is -0.313. The van der Waals surface area contributed by atoms with Gasteiger partial charge in [0.2, 0.25) is 0 Å². The van der Waals surface area contributed by atoms with Gasteiger partial charge in [-0.05, 0) is 25.8 Å². The number of hydrogen-bond donors (Lipinski definition) is 1. The van der Waals surface area contributed by atoms with E-state index in [9.17, 15) is 4.79 Å². The Hall–Kier alpha value is -1.42. The Bertz CT molecular complexity index is 400. The molecule has 0 aliphatic heterocycles. The highest BCUT2D eigenvalue weighted by Gasteiger charge is 2.48. The summed E-state index contributed by atoms with van der Waals surface area (Å²) in [6.07, 6.45) is 4.98. The van der Waals surface area contributed by atoms with Gasteiger partial charge >= 0.3 is 0 Å². The molecular formula is C12H16N2O2. The highest BCUT2D eigenvalue weighted by atomic mass is 16.5. The lowest BCUT2D eigenvalue weighted by molar-refractivity contribution is 0.0905. The number of hydrogen-bond acceptors (Lipinski definition) is 4. The van der Waals surface area contributed by atoms with Crippen molar-refractivity contribution >= 4 is 5.78 Å². The maximum atomic E-state index is 12.1. The van der Waals surface area contributed by atoms with Crippen LogP contribution in [-0.2, 0) is 0 Å². The molecule has 1 heterocycles. The maximum absolute atomic E-state index is 12.1. The first kappa shape index (κ1) is 11.1. The van der Waals surface area contributed by atoms with Crippen LogP contribution in [-0.4, -0.2) is 23.9 Å². The number of nitrogens with two attached hydrogens (primary N) is 1. The summed E-state index contributed by atoms with van der Waals surface area (Å²) in [7, 11) is 0. The smallest absolute Gasteiger partial charge is 0.171 e. The number of aromatic nitrogens is 1. The highest BCUT2D eigenvalue weighted by molar-refractivity contribution is 6.02. The fourth-order valence-corrected chi connectivity index (χ4v) is 1.77. The molecule has 1 aromatic heterocycles. The standard InChI is InChI=1S/C12H16N2O2/c1-2-16-10-5-9(6-14-7-10)11(15)12(8-13)3-4-12/h5-7H,2-4,8,13H2,1H3. The summed E-state index contributed by atoms with van der Waals surface area (Å²) in [5.41, 5.74) is 5.92. The molecule has 1 saturated carbocycles. The monoisotopic (exact) mass is 220 g/mol. The molecule has 0 spiro atoms. The average Bonchev–Trinajstić information content (AvgIpc) is 3.10. The fraction of sp³-hybridized carbons (Fsp3) is 0.500. The van der Waals surface area contributed by atoms with Crippen molar-refractivity contribution < 1.29 is 9.53 Å². The molecule has 0 bridgehead atoms. The number of ketones is 1. The fourth-order valence-electron chi connectivity index (χ4n) is 1.77. The molecule has 0 aromatic carbocycles. The topological polar surface area (TPSA) is 65.2 Å². The maximum Gasteiger partial charge on any atom is 0.171 e. The number of carbonyl (C=O) groups excluding carboxylic acids is 1. The molecule has 1 aromatic rings. The van der Waals surface area contributed by atoms with Crippen molar-refractivity contribution in [2.45, 2.75) is 19.8 Å². The van der Waals surface area contributed by atoms with E-state index in [0.29, 0.717) is 24.5 Å². The van der Waals surface area contributed by atoms with Crippen molar-refractivity contribution in [2.24, 2.45) is 11.1 Å². The number of carbonyl (C=O) groups is 1. The number of nitrogens with zero attached hydrogens (tertiary/aromatic N) is 1. The molecule has 0 saturated heterocycles. The van der Waals surface area contributed by atoms with E-state index in [1.54, 1.807) is 18.5 Å². The molecule has 4 heteroatoms. The van der Waals surface area contributed by atoms with Gasteiger partial charge in [-0.2, -0.15) is 0 Å². The van der Waals surface area contributed by atoms with Gasteiger partial charge in [0.1, 0.15) is 5.75 Å². The minimum absolute atomic E-state index is 0.101. The Morgan fingerprint density at radius 1 is 1.56 bits per heavy atom. The van der Waals surface area contributed by atoms with E-state index in [4.69, 9.17) is 10.5 Å². The van der Waals surface area contributed by atoms with Gasteiger partial charge in [0, 0.05) is 23.7 Å². The van der Waals surface area contributed by atoms with E-state index in [1.807, 2.05) is 6.92 Å². The lowest BCUT2D eigenvalue weighted by atomic mass is 9.96. The van der Waals surface area contributed by atoms with Crippen molar-refractivity contribution in [3.63, 3.8) is 0 Å². The Kier molecular flexibility index (Phi) is 2.92. The van der Waals surface area contributed by atoms with Crippen LogP contribution in [0.3, 0.4) is 0 Å². The molecule has 0 atom stereocenters. The number of ether oxygens (including phenoxy) is 1. The Morgan fingerprint density at radius 2 is 2.31 bits per heavy atom. The molecule has 1 fully saturated rings. The number of Topliss-reactive ketones (excluding diaryl/α,β-unsaturated/α-hetero) is 1. The minimum Gasteiger partial charge on any atom is -0.492 e. The molecule has 1 aliphatic rings. The van der Waals surface area contributed by atoms with Gasteiger partial charge in [0.15, 0.2) is 5.78 Å². The summed E-state index contributed by atoms with van der Waals surface area (Å²) in [6, 6.07) is 1.74. The van der Waals surface area contributed by atoms with Gasteiger partial charge in [0.25, 0.3) is 0 Å². The molecule has 1 aliphatic carbocycles. The van der Waals surface area contributed by atoms with Gasteiger partial charge in [-0.1, -0.05) is 0 Å². The lowest BCUT2D eigenvalue weighted by Crippen LogP contribution is -2.25. The van der Waals surface area contributed by atoms with Gasteiger partial charge in [-0.3, -0.25) is 9.78 Å². The molecule has 4 nitrogen and oxygen atoms in total.